The first-order valence-corrected chi connectivity index (χ1v) is 8.15. The molecule has 1 amide bonds. The van der Waals surface area contributed by atoms with Crippen LogP contribution in [0.2, 0.25) is 0 Å². The highest BCUT2D eigenvalue weighted by Crippen LogP contribution is 2.26. The number of oxazole rings is 1. The molecule has 1 aliphatic carbocycles. The summed E-state index contributed by atoms with van der Waals surface area (Å²) >= 11 is 0. The fourth-order valence-corrected chi connectivity index (χ4v) is 3.31. The first-order chi connectivity index (χ1) is 11.3. The standard InChI is InChI=1S/C16H20N4O3/c21-15(18-12-2-1-11-8-17-20-13(11)7-12)14-9-23-16(19-14)10-3-5-22-6-4-10/h8-10,12H,1-7H2,(H,17,20)(H,18,21). The molecule has 2 aliphatic rings. The lowest BCUT2D eigenvalue weighted by molar-refractivity contribution is 0.0794. The smallest absolute Gasteiger partial charge is 0.273 e. The van der Waals surface area contributed by atoms with E-state index in [0.717, 1.165) is 51.0 Å². The van der Waals surface area contributed by atoms with Gasteiger partial charge in [-0.3, -0.25) is 9.89 Å². The fourth-order valence-electron chi connectivity index (χ4n) is 3.31. The molecule has 7 heteroatoms. The van der Waals surface area contributed by atoms with E-state index >= 15 is 0 Å². The average molecular weight is 316 g/mol. The van der Waals surface area contributed by atoms with E-state index in [-0.39, 0.29) is 17.9 Å². The Morgan fingerprint density at radius 2 is 2.17 bits per heavy atom. The van der Waals surface area contributed by atoms with E-state index in [1.807, 2.05) is 6.20 Å². The Labute approximate surface area is 133 Å². The second-order valence-electron chi connectivity index (χ2n) is 6.24. The Bertz CT molecular complexity index is 687. The van der Waals surface area contributed by atoms with Crippen LogP contribution < -0.4 is 5.32 Å². The zero-order valence-electron chi connectivity index (χ0n) is 12.9. The van der Waals surface area contributed by atoms with Gasteiger partial charge in [-0.15, -0.1) is 0 Å². The molecule has 2 aromatic rings. The van der Waals surface area contributed by atoms with Crippen LogP contribution in [-0.4, -0.2) is 40.3 Å². The van der Waals surface area contributed by atoms with Crippen molar-refractivity contribution >= 4 is 5.91 Å². The van der Waals surface area contributed by atoms with Crippen molar-refractivity contribution in [3.63, 3.8) is 0 Å². The summed E-state index contributed by atoms with van der Waals surface area (Å²) in [6, 6.07) is 0.110. The van der Waals surface area contributed by atoms with Gasteiger partial charge < -0.3 is 14.5 Å². The van der Waals surface area contributed by atoms with E-state index in [1.54, 1.807) is 0 Å². The summed E-state index contributed by atoms with van der Waals surface area (Å²) in [6.45, 7) is 1.45. The van der Waals surface area contributed by atoms with Gasteiger partial charge in [0.05, 0.1) is 6.20 Å². The minimum atomic E-state index is -0.167. The highest BCUT2D eigenvalue weighted by molar-refractivity contribution is 5.92. The third-order valence-corrected chi connectivity index (χ3v) is 4.68. The Balaban J connectivity index is 1.39. The summed E-state index contributed by atoms with van der Waals surface area (Å²) in [5.74, 6) is 0.741. The van der Waals surface area contributed by atoms with Crippen molar-refractivity contribution in [3.05, 3.63) is 35.3 Å². The van der Waals surface area contributed by atoms with Crippen molar-refractivity contribution in [3.8, 4) is 0 Å². The summed E-state index contributed by atoms with van der Waals surface area (Å²) in [5.41, 5.74) is 2.73. The van der Waals surface area contributed by atoms with Gasteiger partial charge in [0.25, 0.3) is 5.91 Å². The van der Waals surface area contributed by atoms with Gasteiger partial charge >= 0.3 is 0 Å². The maximum atomic E-state index is 12.4. The number of amides is 1. The zero-order valence-corrected chi connectivity index (χ0v) is 12.9. The van der Waals surface area contributed by atoms with Crippen molar-refractivity contribution < 1.29 is 13.9 Å². The van der Waals surface area contributed by atoms with Gasteiger partial charge in [-0.1, -0.05) is 0 Å². The molecule has 1 atom stereocenters. The number of aromatic amines is 1. The summed E-state index contributed by atoms with van der Waals surface area (Å²) in [4.78, 5) is 16.8. The second kappa shape index (κ2) is 6.16. The molecule has 1 saturated heterocycles. The van der Waals surface area contributed by atoms with Gasteiger partial charge in [-0.05, 0) is 31.2 Å². The van der Waals surface area contributed by atoms with Crippen LogP contribution in [0, 0.1) is 0 Å². The molecule has 2 aromatic heterocycles. The second-order valence-corrected chi connectivity index (χ2v) is 6.24. The molecule has 0 saturated carbocycles. The number of H-pyrrole nitrogens is 1. The van der Waals surface area contributed by atoms with Crippen molar-refractivity contribution in [1.82, 2.24) is 20.5 Å². The predicted octanol–water partition coefficient (Wildman–Crippen LogP) is 1.58. The third kappa shape index (κ3) is 3.01. The molecular formula is C16H20N4O3. The molecule has 1 fully saturated rings. The van der Waals surface area contributed by atoms with Crippen LogP contribution in [0.3, 0.4) is 0 Å². The van der Waals surface area contributed by atoms with Gasteiger partial charge in [0.15, 0.2) is 11.6 Å². The van der Waals surface area contributed by atoms with Gasteiger partial charge in [0.1, 0.15) is 6.26 Å². The van der Waals surface area contributed by atoms with Crippen LogP contribution in [0.4, 0.5) is 0 Å². The molecule has 3 heterocycles. The van der Waals surface area contributed by atoms with Crippen molar-refractivity contribution in [2.24, 2.45) is 0 Å². The largest absolute Gasteiger partial charge is 0.448 e. The number of aromatic nitrogens is 3. The van der Waals surface area contributed by atoms with Gasteiger partial charge in [-0.2, -0.15) is 5.10 Å². The van der Waals surface area contributed by atoms with Gasteiger partial charge in [0, 0.05) is 37.3 Å². The molecule has 2 N–H and O–H groups in total. The van der Waals surface area contributed by atoms with Crippen LogP contribution in [0.5, 0.6) is 0 Å². The lowest BCUT2D eigenvalue weighted by Gasteiger charge is -2.22. The summed E-state index contributed by atoms with van der Waals surface area (Å²) < 4.78 is 10.9. The first-order valence-electron chi connectivity index (χ1n) is 8.15. The molecule has 1 aliphatic heterocycles. The normalized spacial score (nSPS) is 21.8. The van der Waals surface area contributed by atoms with E-state index in [4.69, 9.17) is 9.15 Å². The zero-order chi connectivity index (χ0) is 15.6. The summed E-state index contributed by atoms with van der Waals surface area (Å²) in [7, 11) is 0. The number of hydrogen-bond acceptors (Lipinski definition) is 5. The molecular weight excluding hydrogens is 296 g/mol. The van der Waals surface area contributed by atoms with E-state index in [0.29, 0.717) is 11.6 Å². The number of hydrogen-bond donors (Lipinski definition) is 2. The Kier molecular flexibility index (Phi) is 3.87. The number of nitrogens with zero attached hydrogens (tertiary/aromatic N) is 2. The minimum absolute atomic E-state index is 0.110. The Morgan fingerprint density at radius 1 is 1.30 bits per heavy atom. The number of ether oxygens (including phenoxy) is 1. The van der Waals surface area contributed by atoms with Crippen LogP contribution in [0.15, 0.2) is 16.9 Å². The molecule has 0 radical (unpaired) electrons. The first kappa shape index (κ1) is 14.4. The molecule has 1 unspecified atom stereocenters. The van der Waals surface area contributed by atoms with E-state index in [2.05, 4.69) is 20.5 Å². The highest BCUT2D eigenvalue weighted by atomic mass is 16.5. The third-order valence-electron chi connectivity index (χ3n) is 4.68. The molecule has 122 valence electrons. The number of aryl methyl sites for hydroxylation is 1. The molecule has 0 spiro atoms. The van der Waals surface area contributed by atoms with E-state index < -0.39 is 0 Å². The minimum Gasteiger partial charge on any atom is -0.448 e. The highest BCUT2D eigenvalue weighted by Gasteiger charge is 2.25. The number of nitrogens with one attached hydrogen (secondary N) is 2. The van der Waals surface area contributed by atoms with Crippen LogP contribution in [0.1, 0.15) is 52.8 Å². The molecule has 7 nitrogen and oxygen atoms in total. The molecule has 4 rings (SSSR count). The van der Waals surface area contributed by atoms with Crippen LogP contribution >= 0.6 is 0 Å². The lowest BCUT2D eigenvalue weighted by Crippen LogP contribution is -2.39. The Morgan fingerprint density at radius 3 is 3.04 bits per heavy atom. The van der Waals surface area contributed by atoms with E-state index in [1.165, 1.54) is 11.8 Å². The van der Waals surface area contributed by atoms with Crippen molar-refractivity contribution in [1.29, 1.82) is 0 Å². The fraction of sp³-hybridized carbons (Fsp3) is 0.562. The summed E-state index contributed by atoms with van der Waals surface area (Å²) in [6.07, 6.45) is 7.76. The maximum absolute atomic E-state index is 12.4. The quantitative estimate of drug-likeness (QED) is 0.897. The summed E-state index contributed by atoms with van der Waals surface area (Å²) in [5, 5.41) is 10.1. The monoisotopic (exact) mass is 316 g/mol. The van der Waals surface area contributed by atoms with E-state index in [9.17, 15) is 4.79 Å². The predicted molar refractivity (Wildman–Crippen MR) is 81.2 cm³/mol. The van der Waals surface area contributed by atoms with Crippen molar-refractivity contribution in [2.45, 2.75) is 44.1 Å². The van der Waals surface area contributed by atoms with Crippen LogP contribution in [-0.2, 0) is 17.6 Å². The lowest BCUT2D eigenvalue weighted by atomic mass is 9.94. The van der Waals surface area contributed by atoms with Gasteiger partial charge in [-0.25, -0.2) is 4.98 Å². The molecule has 23 heavy (non-hydrogen) atoms. The molecule has 0 aromatic carbocycles. The number of rotatable bonds is 3. The SMILES string of the molecule is O=C(NC1CCc2cn[nH]c2C1)c1coc(C2CCOCC2)n1. The van der Waals surface area contributed by atoms with Gasteiger partial charge in [0.2, 0.25) is 0 Å². The average Bonchev–Trinajstić information content (AvgIpc) is 3.24. The molecule has 0 bridgehead atoms. The number of fused-ring (bicyclic) bond motifs is 1. The maximum Gasteiger partial charge on any atom is 0.273 e. The van der Waals surface area contributed by atoms with Crippen LogP contribution in [0.25, 0.3) is 0 Å². The van der Waals surface area contributed by atoms with Crippen molar-refractivity contribution in [2.75, 3.05) is 13.2 Å². The Hall–Kier alpha value is -2.15. The number of carbonyl (C=O) groups excluding carboxylic acids is 1. The topological polar surface area (TPSA) is 93.0 Å². The number of carbonyl (C=O) groups is 1.